The van der Waals surface area contributed by atoms with Crippen LogP contribution in [-0.2, 0) is 9.59 Å². The molecule has 0 aromatic rings. The van der Waals surface area contributed by atoms with E-state index >= 15 is 0 Å². The van der Waals surface area contributed by atoms with E-state index in [1.807, 2.05) is 0 Å². The predicted octanol–water partition coefficient (Wildman–Crippen LogP) is 1.16. The van der Waals surface area contributed by atoms with E-state index in [4.69, 9.17) is 5.11 Å². The molecule has 0 saturated carbocycles. The van der Waals surface area contributed by atoms with E-state index < -0.39 is 36.6 Å². The fourth-order valence-electron chi connectivity index (χ4n) is 1.95. The van der Waals surface area contributed by atoms with Crippen molar-refractivity contribution in [3.63, 3.8) is 0 Å². The molecule has 0 bridgehead atoms. The first kappa shape index (κ1) is 15.7. The molecule has 110 valence electrons. The molecule has 19 heavy (non-hydrogen) atoms. The summed E-state index contributed by atoms with van der Waals surface area (Å²) in [5.74, 6) is -1.45. The van der Waals surface area contributed by atoms with E-state index in [2.05, 4.69) is 0 Å². The molecule has 1 atom stereocenters. The predicted molar refractivity (Wildman–Crippen MR) is 58.3 cm³/mol. The fraction of sp³-hybridized carbons (Fsp3) is 0.818. The quantitative estimate of drug-likeness (QED) is 0.742. The van der Waals surface area contributed by atoms with Crippen molar-refractivity contribution in [1.29, 1.82) is 0 Å². The fourth-order valence-corrected chi connectivity index (χ4v) is 1.95. The lowest BCUT2D eigenvalue weighted by atomic mass is 10.0. The van der Waals surface area contributed by atoms with Crippen LogP contribution in [0.25, 0.3) is 0 Å². The number of halogens is 3. The smallest absolute Gasteiger partial charge is 0.419 e. The van der Waals surface area contributed by atoms with Gasteiger partial charge in [-0.2, -0.15) is 13.2 Å². The van der Waals surface area contributed by atoms with Crippen molar-refractivity contribution < 1.29 is 33.0 Å². The van der Waals surface area contributed by atoms with E-state index in [0.29, 0.717) is 12.8 Å². The maximum atomic E-state index is 12.5. The molecular weight excluding hydrogens is 267 g/mol. The SMILES string of the molecule is O=C(O)CCCCC(=O)N1CCC(O)(C(F)(F)F)C1. The number of carbonyl (C=O) groups excluding carboxylic acids is 1. The molecule has 1 saturated heterocycles. The van der Waals surface area contributed by atoms with Gasteiger partial charge >= 0.3 is 12.1 Å². The van der Waals surface area contributed by atoms with Gasteiger partial charge in [-0.15, -0.1) is 0 Å². The van der Waals surface area contributed by atoms with E-state index in [1.54, 1.807) is 0 Å². The zero-order valence-electron chi connectivity index (χ0n) is 10.2. The number of rotatable bonds is 5. The summed E-state index contributed by atoms with van der Waals surface area (Å²) in [7, 11) is 0. The van der Waals surface area contributed by atoms with E-state index in [9.17, 15) is 27.9 Å². The summed E-state index contributed by atoms with van der Waals surface area (Å²) in [6.07, 6.45) is -4.71. The Morgan fingerprint density at radius 2 is 1.79 bits per heavy atom. The van der Waals surface area contributed by atoms with Crippen molar-refractivity contribution >= 4 is 11.9 Å². The number of β-amino-alcohol motifs (C(OH)–C–C–N with tert-alkyl or cyclic N) is 1. The molecule has 0 aliphatic carbocycles. The molecule has 1 rings (SSSR count). The summed E-state index contributed by atoms with van der Waals surface area (Å²) in [6, 6.07) is 0. The van der Waals surface area contributed by atoms with E-state index in [0.717, 1.165) is 4.90 Å². The van der Waals surface area contributed by atoms with Crippen LogP contribution in [0.3, 0.4) is 0 Å². The maximum Gasteiger partial charge on any atom is 0.419 e. The molecule has 2 N–H and O–H groups in total. The lowest BCUT2D eigenvalue weighted by Gasteiger charge is -2.25. The van der Waals surface area contributed by atoms with Crippen LogP contribution >= 0.6 is 0 Å². The highest BCUT2D eigenvalue weighted by Gasteiger charge is 2.57. The van der Waals surface area contributed by atoms with Gasteiger partial charge in [0.2, 0.25) is 5.91 Å². The van der Waals surface area contributed by atoms with Crippen LogP contribution < -0.4 is 0 Å². The van der Waals surface area contributed by atoms with Gasteiger partial charge in [0, 0.05) is 25.8 Å². The van der Waals surface area contributed by atoms with Crippen LogP contribution in [0.15, 0.2) is 0 Å². The molecule has 0 aromatic carbocycles. The number of hydrogen-bond donors (Lipinski definition) is 2. The second kappa shape index (κ2) is 5.77. The Morgan fingerprint density at radius 3 is 2.26 bits per heavy atom. The van der Waals surface area contributed by atoms with Crippen molar-refractivity contribution in [3.05, 3.63) is 0 Å². The van der Waals surface area contributed by atoms with E-state index in [1.165, 1.54) is 0 Å². The third-order valence-corrected chi connectivity index (χ3v) is 3.16. The first-order valence-corrected chi connectivity index (χ1v) is 5.94. The lowest BCUT2D eigenvalue weighted by Crippen LogP contribution is -2.48. The normalized spacial score (nSPS) is 23.7. The zero-order valence-corrected chi connectivity index (χ0v) is 10.2. The standard InChI is InChI=1S/C11H16F3NO4/c12-11(13,14)10(19)5-6-15(7-10)8(16)3-1-2-4-9(17)18/h19H,1-7H2,(H,17,18). The van der Waals surface area contributed by atoms with Crippen molar-refractivity contribution in [1.82, 2.24) is 4.90 Å². The van der Waals surface area contributed by atoms with Crippen LogP contribution in [-0.4, -0.2) is 51.9 Å². The highest BCUT2D eigenvalue weighted by molar-refractivity contribution is 5.76. The molecule has 0 radical (unpaired) electrons. The van der Waals surface area contributed by atoms with Crippen molar-refractivity contribution in [2.24, 2.45) is 0 Å². The minimum Gasteiger partial charge on any atom is -0.481 e. The van der Waals surface area contributed by atoms with Gasteiger partial charge < -0.3 is 15.1 Å². The largest absolute Gasteiger partial charge is 0.481 e. The molecule has 1 aliphatic rings. The Hall–Kier alpha value is -1.31. The first-order valence-electron chi connectivity index (χ1n) is 5.94. The summed E-state index contributed by atoms with van der Waals surface area (Å²) < 4.78 is 37.6. The summed E-state index contributed by atoms with van der Waals surface area (Å²) in [5, 5.41) is 17.8. The number of likely N-dealkylation sites (tertiary alicyclic amines) is 1. The third-order valence-electron chi connectivity index (χ3n) is 3.16. The summed E-state index contributed by atoms with van der Waals surface area (Å²) in [4.78, 5) is 22.8. The molecule has 0 aromatic heterocycles. The van der Waals surface area contributed by atoms with Crippen LogP contribution in [0, 0.1) is 0 Å². The molecule has 0 spiro atoms. The van der Waals surface area contributed by atoms with Crippen molar-refractivity contribution in [2.45, 2.75) is 43.9 Å². The van der Waals surface area contributed by atoms with Gasteiger partial charge in [-0.05, 0) is 12.8 Å². The number of amides is 1. The molecule has 8 heteroatoms. The Bertz CT molecular complexity index is 358. The van der Waals surface area contributed by atoms with Crippen molar-refractivity contribution in [2.75, 3.05) is 13.1 Å². The Labute approximate surface area is 108 Å². The topological polar surface area (TPSA) is 77.8 Å². The van der Waals surface area contributed by atoms with E-state index in [-0.39, 0.29) is 19.4 Å². The monoisotopic (exact) mass is 283 g/mol. The molecule has 5 nitrogen and oxygen atoms in total. The molecular formula is C11H16F3NO4. The minimum absolute atomic E-state index is 0.00121. The van der Waals surface area contributed by atoms with Crippen LogP contribution in [0.5, 0.6) is 0 Å². The second-order valence-corrected chi connectivity index (χ2v) is 4.70. The Morgan fingerprint density at radius 1 is 1.21 bits per heavy atom. The molecule has 1 fully saturated rings. The summed E-state index contributed by atoms with van der Waals surface area (Å²) in [6.45, 7) is -0.873. The minimum atomic E-state index is -4.74. The summed E-state index contributed by atoms with van der Waals surface area (Å²) >= 11 is 0. The molecule has 1 unspecified atom stereocenters. The van der Waals surface area contributed by atoms with Gasteiger partial charge in [-0.1, -0.05) is 0 Å². The Kier molecular flexibility index (Phi) is 4.78. The number of carbonyl (C=O) groups is 2. The number of carboxylic acid groups (broad SMARTS) is 1. The highest BCUT2D eigenvalue weighted by atomic mass is 19.4. The first-order chi connectivity index (χ1) is 8.66. The van der Waals surface area contributed by atoms with Crippen LogP contribution in [0.1, 0.15) is 32.1 Å². The number of unbranched alkanes of at least 4 members (excludes halogenated alkanes) is 1. The lowest BCUT2D eigenvalue weighted by molar-refractivity contribution is -0.253. The number of carboxylic acids is 1. The Balaban J connectivity index is 2.38. The average Bonchev–Trinajstić information content (AvgIpc) is 2.67. The average molecular weight is 283 g/mol. The van der Waals surface area contributed by atoms with Crippen molar-refractivity contribution in [3.8, 4) is 0 Å². The van der Waals surface area contributed by atoms with Gasteiger partial charge in [0.25, 0.3) is 0 Å². The van der Waals surface area contributed by atoms with Gasteiger partial charge in [0.1, 0.15) is 0 Å². The van der Waals surface area contributed by atoms with Gasteiger partial charge in [-0.25, -0.2) is 0 Å². The van der Waals surface area contributed by atoms with Crippen LogP contribution in [0.4, 0.5) is 13.2 Å². The maximum absolute atomic E-state index is 12.5. The number of aliphatic carboxylic acids is 1. The van der Waals surface area contributed by atoms with Gasteiger partial charge in [0.05, 0.1) is 6.54 Å². The number of aliphatic hydroxyl groups is 1. The third kappa shape index (κ3) is 4.09. The van der Waals surface area contributed by atoms with Gasteiger partial charge in [-0.3, -0.25) is 9.59 Å². The number of alkyl halides is 3. The zero-order chi connectivity index (χ0) is 14.7. The van der Waals surface area contributed by atoms with Crippen LogP contribution in [0.2, 0.25) is 0 Å². The molecule has 1 heterocycles. The number of hydrogen-bond acceptors (Lipinski definition) is 3. The van der Waals surface area contributed by atoms with Gasteiger partial charge in [0.15, 0.2) is 5.60 Å². The molecule has 1 aliphatic heterocycles. The second-order valence-electron chi connectivity index (χ2n) is 4.70. The highest BCUT2D eigenvalue weighted by Crippen LogP contribution is 2.37. The number of nitrogens with zero attached hydrogens (tertiary/aromatic N) is 1. The summed E-state index contributed by atoms with van der Waals surface area (Å²) in [5.41, 5.74) is -2.82. The molecule has 1 amide bonds.